The van der Waals surface area contributed by atoms with Gasteiger partial charge in [0, 0.05) is 31.2 Å². The van der Waals surface area contributed by atoms with Crippen LogP contribution in [0.25, 0.3) is 0 Å². The Bertz CT molecular complexity index is 634. The third kappa shape index (κ3) is 3.16. The Morgan fingerprint density at radius 1 is 1.32 bits per heavy atom. The van der Waals surface area contributed by atoms with Crippen LogP contribution in [-0.4, -0.2) is 60.1 Å². The molecule has 1 saturated heterocycles. The monoisotopic (exact) mass is 349 g/mol. The van der Waals surface area contributed by atoms with Gasteiger partial charge in [-0.1, -0.05) is 6.08 Å². The third-order valence-electron chi connectivity index (χ3n) is 4.88. The molecule has 4 aliphatic heterocycles. The topological polar surface area (TPSA) is 83.7 Å². The van der Waals surface area contributed by atoms with Gasteiger partial charge in [-0.15, -0.1) is 0 Å². The van der Waals surface area contributed by atoms with Crippen molar-refractivity contribution in [1.82, 2.24) is 36.6 Å². The van der Waals surface area contributed by atoms with E-state index in [-0.39, 0.29) is 24.4 Å². The van der Waals surface area contributed by atoms with Gasteiger partial charge in [-0.2, -0.15) is 0 Å². The normalized spacial score (nSPS) is 34.4. The van der Waals surface area contributed by atoms with Crippen molar-refractivity contribution < 1.29 is 9.18 Å². The fourth-order valence-electron chi connectivity index (χ4n) is 3.62. The molecule has 4 atom stereocenters. The second-order valence-corrected chi connectivity index (χ2v) is 6.71. The molecule has 0 saturated carbocycles. The standard InChI is InChI=1S/C16H24FN7O/c1-10-15(16(25)21-12-8-18-5-6-19-12)24-13(20-10)2-3-14(22-24)23-7-4-11(17)9-23/h2-3,5-6,11-14,18-20,22H,4,7-9H2,1H3,(H,21,25)/t11-,12?,13?,14?/m0/s1. The number of alkyl halides is 1. The molecule has 4 heterocycles. The van der Waals surface area contributed by atoms with E-state index in [1.165, 1.54) is 0 Å². The molecule has 136 valence electrons. The van der Waals surface area contributed by atoms with E-state index < -0.39 is 6.17 Å². The van der Waals surface area contributed by atoms with Gasteiger partial charge in [0.2, 0.25) is 0 Å². The second-order valence-electron chi connectivity index (χ2n) is 6.71. The van der Waals surface area contributed by atoms with E-state index in [1.807, 2.05) is 24.1 Å². The molecule has 9 heteroatoms. The molecular weight excluding hydrogens is 325 g/mol. The first-order valence-electron chi connectivity index (χ1n) is 8.66. The summed E-state index contributed by atoms with van der Waals surface area (Å²) in [5.41, 5.74) is 4.72. The van der Waals surface area contributed by atoms with Crippen molar-refractivity contribution in [2.45, 2.75) is 38.0 Å². The van der Waals surface area contributed by atoms with E-state index in [1.54, 1.807) is 12.4 Å². The quantitative estimate of drug-likeness (QED) is 0.418. The van der Waals surface area contributed by atoms with Crippen LogP contribution < -0.4 is 26.7 Å². The van der Waals surface area contributed by atoms with Crippen molar-refractivity contribution in [3.8, 4) is 0 Å². The lowest BCUT2D eigenvalue weighted by Gasteiger charge is -2.38. The molecule has 0 aromatic heterocycles. The summed E-state index contributed by atoms with van der Waals surface area (Å²) in [6, 6.07) is 0. The molecule has 0 radical (unpaired) electrons. The Morgan fingerprint density at radius 2 is 2.16 bits per heavy atom. The Hall–Kier alpha value is -2.26. The van der Waals surface area contributed by atoms with Crippen LogP contribution in [0.1, 0.15) is 13.3 Å². The van der Waals surface area contributed by atoms with Crippen LogP contribution in [0.4, 0.5) is 4.39 Å². The highest BCUT2D eigenvalue weighted by Crippen LogP contribution is 2.25. The Kier molecular flexibility index (Phi) is 4.26. The van der Waals surface area contributed by atoms with Gasteiger partial charge in [-0.3, -0.25) is 14.7 Å². The van der Waals surface area contributed by atoms with Crippen LogP contribution in [0, 0.1) is 0 Å². The van der Waals surface area contributed by atoms with Crippen molar-refractivity contribution in [3.05, 3.63) is 35.9 Å². The first-order chi connectivity index (χ1) is 12.1. The summed E-state index contributed by atoms with van der Waals surface area (Å²) in [6.07, 6.45) is 7.01. The summed E-state index contributed by atoms with van der Waals surface area (Å²) in [6.45, 7) is 3.64. The Balaban J connectivity index is 1.45. The van der Waals surface area contributed by atoms with Gasteiger partial charge in [-0.05, 0) is 19.4 Å². The number of nitrogens with zero attached hydrogens (tertiary/aromatic N) is 2. The molecule has 4 rings (SSSR count). The number of fused-ring (bicyclic) bond motifs is 1. The molecule has 0 bridgehead atoms. The number of hydrazine groups is 1. The highest BCUT2D eigenvalue weighted by molar-refractivity contribution is 5.94. The van der Waals surface area contributed by atoms with Crippen molar-refractivity contribution in [2.75, 3.05) is 19.6 Å². The van der Waals surface area contributed by atoms with Crippen LogP contribution in [0.15, 0.2) is 35.9 Å². The summed E-state index contributed by atoms with van der Waals surface area (Å²) in [5.74, 6) is -0.159. The maximum Gasteiger partial charge on any atom is 0.272 e. The molecule has 4 aliphatic rings. The zero-order valence-corrected chi connectivity index (χ0v) is 14.1. The van der Waals surface area contributed by atoms with Gasteiger partial charge in [0.05, 0.1) is 12.7 Å². The maximum absolute atomic E-state index is 13.5. The summed E-state index contributed by atoms with van der Waals surface area (Å²) in [4.78, 5) is 14.8. The van der Waals surface area contributed by atoms with Crippen LogP contribution >= 0.6 is 0 Å². The van der Waals surface area contributed by atoms with Crippen molar-refractivity contribution in [1.29, 1.82) is 0 Å². The number of carbonyl (C=O) groups excluding carboxylic acids is 1. The molecule has 3 unspecified atom stereocenters. The van der Waals surface area contributed by atoms with Gasteiger partial charge < -0.3 is 21.3 Å². The summed E-state index contributed by atoms with van der Waals surface area (Å²) in [5, 5.41) is 14.3. The SMILES string of the molecule is CC1=C(C(=O)NC2CNC=CN2)N2NC(N3CC[C@H](F)C3)C=CC2N1. The molecule has 8 nitrogen and oxygen atoms in total. The minimum Gasteiger partial charge on any atom is -0.386 e. The number of amides is 1. The first-order valence-corrected chi connectivity index (χ1v) is 8.66. The highest BCUT2D eigenvalue weighted by Gasteiger charge is 2.38. The molecular formula is C16H24FN7O. The number of hydrogen-bond donors (Lipinski definition) is 5. The number of halogens is 1. The molecule has 0 spiro atoms. The van der Waals surface area contributed by atoms with E-state index in [0.717, 1.165) is 5.70 Å². The smallest absolute Gasteiger partial charge is 0.272 e. The maximum atomic E-state index is 13.5. The Morgan fingerprint density at radius 3 is 2.88 bits per heavy atom. The zero-order chi connectivity index (χ0) is 17.4. The predicted molar refractivity (Wildman–Crippen MR) is 90.8 cm³/mol. The molecule has 1 amide bonds. The molecule has 5 N–H and O–H groups in total. The lowest BCUT2D eigenvalue weighted by atomic mass is 10.2. The molecule has 0 aromatic rings. The van der Waals surface area contributed by atoms with E-state index in [9.17, 15) is 9.18 Å². The number of hydrogen-bond acceptors (Lipinski definition) is 7. The van der Waals surface area contributed by atoms with Crippen molar-refractivity contribution in [3.63, 3.8) is 0 Å². The number of nitrogens with one attached hydrogen (secondary N) is 5. The molecule has 0 aromatic carbocycles. The average Bonchev–Trinajstić information content (AvgIpc) is 3.17. The summed E-state index contributed by atoms with van der Waals surface area (Å²) >= 11 is 0. The minimum absolute atomic E-state index is 0.107. The van der Waals surface area contributed by atoms with Gasteiger partial charge in [0.1, 0.15) is 24.2 Å². The summed E-state index contributed by atoms with van der Waals surface area (Å²) in [7, 11) is 0. The Labute approximate surface area is 146 Å². The fraction of sp³-hybridized carbons (Fsp3) is 0.562. The van der Waals surface area contributed by atoms with Gasteiger partial charge in [0.25, 0.3) is 5.91 Å². The first kappa shape index (κ1) is 16.2. The zero-order valence-electron chi connectivity index (χ0n) is 14.1. The lowest BCUT2D eigenvalue weighted by Crippen LogP contribution is -2.59. The van der Waals surface area contributed by atoms with Gasteiger partial charge in [0.15, 0.2) is 0 Å². The van der Waals surface area contributed by atoms with Crippen LogP contribution in [0.3, 0.4) is 0 Å². The minimum atomic E-state index is -0.775. The fourth-order valence-corrected chi connectivity index (χ4v) is 3.62. The highest BCUT2D eigenvalue weighted by atomic mass is 19.1. The number of allylic oxidation sites excluding steroid dienone is 1. The molecule has 0 aliphatic carbocycles. The molecule has 25 heavy (non-hydrogen) atoms. The van der Waals surface area contributed by atoms with E-state index in [4.69, 9.17) is 0 Å². The second kappa shape index (κ2) is 6.57. The van der Waals surface area contributed by atoms with Crippen LogP contribution in [0.2, 0.25) is 0 Å². The third-order valence-corrected chi connectivity index (χ3v) is 4.88. The largest absolute Gasteiger partial charge is 0.386 e. The number of likely N-dealkylation sites (tertiary alicyclic amines) is 1. The number of rotatable bonds is 3. The van der Waals surface area contributed by atoms with Crippen molar-refractivity contribution >= 4 is 5.91 Å². The van der Waals surface area contributed by atoms with Crippen molar-refractivity contribution in [2.24, 2.45) is 0 Å². The van der Waals surface area contributed by atoms with Crippen LogP contribution in [0.5, 0.6) is 0 Å². The van der Waals surface area contributed by atoms with Crippen LogP contribution in [-0.2, 0) is 4.79 Å². The molecule has 1 fully saturated rings. The van der Waals surface area contributed by atoms with E-state index >= 15 is 0 Å². The van der Waals surface area contributed by atoms with E-state index in [0.29, 0.717) is 31.8 Å². The lowest BCUT2D eigenvalue weighted by molar-refractivity contribution is -0.120. The van der Waals surface area contributed by atoms with Gasteiger partial charge >= 0.3 is 0 Å². The van der Waals surface area contributed by atoms with E-state index in [2.05, 4.69) is 31.6 Å². The number of carbonyl (C=O) groups is 1. The predicted octanol–water partition coefficient (Wildman–Crippen LogP) is -1.00. The average molecular weight is 349 g/mol. The summed E-state index contributed by atoms with van der Waals surface area (Å²) < 4.78 is 13.5. The van der Waals surface area contributed by atoms with Gasteiger partial charge in [-0.25, -0.2) is 9.82 Å².